The normalized spacial score (nSPS) is 11.8. The van der Waals surface area contributed by atoms with Crippen LogP contribution in [0, 0.1) is 11.3 Å². The van der Waals surface area contributed by atoms with E-state index in [-0.39, 0.29) is 17.5 Å². The molecule has 1 unspecified atom stereocenters. The van der Waals surface area contributed by atoms with E-state index in [0.29, 0.717) is 11.4 Å². The molecule has 132 valence electrons. The Morgan fingerprint density at radius 2 is 1.65 bits per heavy atom. The summed E-state index contributed by atoms with van der Waals surface area (Å²) >= 11 is 0. The van der Waals surface area contributed by atoms with Gasteiger partial charge in [-0.2, -0.15) is 5.26 Å². The SMILES string of the molecule is CC(=O)Nc1ccc(N/C=C(/C#N)C(=O)NC(C)c2ccccc2)cc1. The maximum Gasteiger partial charge on any atom is 0.263 e. The predicted molar refractivity (Wildman–Crippen MR) is 101 cm³/mol. The predicted octanol–water partition coefficient (Wildman–Crippen LogP) is 3.34. The van der Waals surface area contributed by atoms with Gasteiger partial charge in [0.05, 0.1) is 6.04 Å². The Labute approximate surface area is 152 Å². The van der Waals surface area contributed by atoms with Gasteiger partial charge in [-0.05, 0) is 36.8 Å². The van der Waals surface area contributed by atoms with E-state index in [1.807, 2.05) is 43.3 Å². The lowest BCUT2D eigenvalue weighted by atomic mass is 10.1. The van der Waals surface area contributed by atoms with E-state index in [1.165, 1.54) is 13.1 Å². The number of carbonyl (C=O) groups is 2. The van der Waals surface area contributed by atoms with Gasteiger partial charge in [0.2, 0.25) is 5.91 Å². The van der Waals surface area contributed by atoms with Crippen molar-refractivity contribution in [2.75, 3.05) is 10.6 Å². The summed E-state index contributed by atoms with van der Waals surface area (Å²) in [5.41, 5.74) is 2.29. The molecule has 0 spiro atoms. The van der Waals surface area contributed by atoms with Crippen molar-refractivity contribution >= 4 is 23.2 Å². The highest BCUT2D eigenvalue weighted by atomic mass is 16.2. The average molecular weight is 348 g/mol. The van der Waals surface area contributed by atoms with Crippen LogP contribution in [0.25, 0.3) is 0 Å². The van der Waals surface area contributed by atoms with Crippen molar-refractivity contribution in [3.05, 3.63) is 71.9 Å². The maximum absolute atomic E-state index is 12.3. The number of anilines is 2. The van der Waals surface area contributed by atoms with E-state index in [9.17, 15) is 14.9 Å². The fraction of sp³-hybridized carbons (Fsp3) is 0.150. The summed E-state index contributed by atoms with van der Waals surface area (Å²) < 4.78 is 0. The molecule has 3 N–H and O–H groups in total. The van der Waals surface area contributed by atoms with Crippen molar-refractivity contribution in [2.45, 2.75) is 19.9 Å². The van der Waals surface area contributed by atoms with Crippen molar-refractivity contribution < 1.29 is 9.59 Å². The van der Waals surface area contributed by atoms with Gasteiger partial charge in [-0.1, -0.05) is 30.3 Å². The van der Waals surface area contributed by atoms with Crippen LogP contribution in [0.1, 0.15) is 25.5 Å². The van der Waals surface area contributed by atoms with Crippen LogP contribution in [-0.4, -0.2) is 11.8 Å². The lowest BCUT2D eigenvalue weighted by molar-refractivity contribution is -0.117. The first-order chi connectivity index (χ1) is 12.5. The summed E-state index contributed by atoms with van der Waals surface area (Å²) in [4.78, 5) is 23.3. The highest BCUT2D eigenvalue weighted by molar-refractivity contribution is 5.97. The molecule has 0 fully saturated rings. The zero-order valence-corrected chi connectivity index (χ0v) is 14.6. The first kappa shape index (κ1) is 18.7. The monoisotopic (exact) mass is 348 g/mol. The van der Waals surface area contributed by atoms with Gasteiger partial charge in [-0.3, -0.25) is 9.59 Å². The number of benzene rings is 2. The van der Waals surface area contributed by atoms with Gasteiger partial charge in [0.1, 0.15) is 11.6 Å². The molecule has 0 aromatic heterocycles. The minimum atomic E-state index is -0.453. The highest BCUT2D eigenvalue weighted by Gasteiger charge is 2.13. The van der Waals surface area contributed by atoms with Crippen molar-refractivity contribution in [3.8, 4) is 6.07 Å². The summed E-state index contributed by atoms with van der Waals surface area (Å²) in [7, 11) is 0. The van der Waals surface area contributed by atoms with E-state index >= 15 is 0 Å². The van der Waals surface area contributed by atoms with E-state index in [0.717, 1.165) is 5.56 Å². The molecule has 2 aromatic carbocycles. The van der Waals surface area contributed by atoms with Crippen LogP contribution in [0.3, 0.4) is 0 Å². The van der Waals surface area contributed by atoms with Gasteiger partial charge >= 0.3 is 0 Å². The Balaban J connectivity index is 1.99. The Bertz CT molecular complexity index is 836. The number of nitriles is 1. The standard InChI is InChI=1S/C20H20N4O2/c1-14(16-6-4-3-5-7-16)23-20(26)17(12-21)13-22-18-8-10-19(11-9-18)24-15(2)25/h3-11,13-14,22H,1-2H3,(H,23,26)(H,24,25)/b17-13-. The zero-order chi connectivity index (χ0) is 18.9. The van der Waals surface area contributed by atoms with Crippen LogP contribution in [0.4, 0.5) is 11.4 Å². The van der Waals surface area contributed by atoms with E-state index in [1.54, 1.807) is 24.3 Å². The van der Waals surface area contributed by atoms with Gasteiger partial charge in [0.15, 0.2) is 0 Å². The molecule has 0 saturated heterocycles. The van der Waals surface area contributed by atoms with E-state index in [2.05, 4.69) is 16.0 Å². The van der Waals surface area contributed by atoms with Gasteiger partial charge in [0, 0.05) is 24.5 Å². The number of nitrogens with one attached hydrogen (secondary N) is 3. The number of nitrogens with zero attached hydrogens (tertiary/aromatic N) is 1. The molecule has 6 heteroatoms. The summed E-state index contributed by atoms with van der Waals surface area (Å²) in [6, 6.07) is 18.1. The van der Waals surface area contributed by atoms with Gasteiger partial charge < -0.3 is 16.0 Å². The summed E-state index contributed by atoms with van der Waals surface area (Å²) in [6.07, 6.45) is 1.36. The molecule has 1 atom stereocenters. The molecule has 6 nitrogen and oxygen atoms in total. The molecule has 0 aliphatic carbocycles. The minimum Gasteiger partial charge on any atom is -0.360 e. The summed E-state index contributed by atoms with van der Waals surface area (Å²) in [6.45, 7) is 3.29. The Hall–Kier alpha value is -3.59. The number of hydrogen-bond acceptors (Lipinski definition) is 4. The molecule has 2 rings (SSSR count). The molecular weight excluding hydrogens is 328 g/mol. The number of rotatable bonds is 6. The number of amides is 2. The van der Waals surface area contributed by atoms with Crippen molar-refractivity contribution in [1.29, 1.82) is 5.26 Å². The topological polar surface area (TPSA) is 94.0 Å². The summed E-state index contributed by atoms with van der Waals surface area (Å²) in [5.74, 6) is -0.604. The average Bonchev–Trinajstić information content (AvgIpc) is 2.63. The molecule has 2 amide bonds. The van der Waals surface area contributed by atoms with Crippen LogP contribution in [0.15, 0.2) is 66.4 Å². The molecule has 0 bridgehead atoms. The van der Waals surface area contributed by atoms with Gasteiger partial charge in [0.25, 0.3) is 5.91 Å². The van der Waals surface area contributed by atoms with Crippen LogP contribution in [0.2, 0.25) is 0 Å². The molecule has 0 radical (unpaired) electrons. The Morgan fingerprint density at radius 3 is 2.23 bits per heavy atom. The quantitative estimate of drug-likeness (QED) is 0.551. The van der Waals surface area contributed by atoms with Crippen LogP contribution < -0.4 is 16.0 Å². The molecule has 0 aliphatic rings. The third kappa shape index (κ3) is 5.49. The fourth-order valence-corrected chi connectivity index (χ4v) is 2.26. The third-order valence-electron chi connectivity index (χ3n) is 3.60. The van der Waals surface area contributed by atoms with Gasteiger partial charge in [-0.15, -0.1) is 0 Å². The number of carbonyl (C=O) groups excluding carboxylic acids is 2. The maximum atomic E-state index is 12.3. The second-order valence-electron chi connectivity index (χ2n) is 5.68. The lowest BCUT2D eigenvalue weighted by Gasteiger charge is -2.13. The smallest absolute Gasteiger partial charge is 0.263 e. The van der Waals surface area contributed by atoms with Gasteiger partial charge in [-0.25, -0.2) is 0 Å². The molecule has 0 aliphatic heterocycles. The molecular formula is C20H20N4O2. The van der Waals surface area contributed by atoms with E-state index in [4.69, 9.17) is 0 Å². The Morgan fingerprint density at radius 1 is 1.04 bits per heavy atom. The van der Waals surface area contributed by atoms with Crippen molar-refractivity contribution in [2.24, 2.45) is 0 Å². The Kier molecular flexibility index (Phi) is 6.52. The summed E-state index contributed by atoms with van der Waals surface area (Å²) in [5, 5.41) is 17.6. The first-order valence-electron chi connectivity index (χ1n) is 8.10. The molecule has 26 heavy (non-hydrogen) atoms. The molecule has 2 aromatic rings. The second-order valence-corrected chi connectivity index (χ2v) is 5.68. The molecule has 0 saturated carbocycles. The number of hydrogen-bond donors (Lipinski definition) is 3. The van der Waals surface area contributed by atoms with Crippen LogP contribution in [0.5, 0.6) is 0 Å². The van der Waals surface area contributed by atoms with Crippen molar-refractivity contribution in [1.82, 2.24) is 5.32 Å². The van der Waals surface area contributed by atoms with Crippen LogP contribution >= 0.6 is 0 Å². The second kappa shape index (κ2) is 9.04. The third-order valence-corrected chi connectivity index (χ3v) is 3.60. The first-order valence-corrected chi connectivity index (χ1v) is 8.10. The highest BCUT2D eigenvalue weighted by Crippen LogP contribution is 2.15. The molecule has 0 heterocycles. The minimum absolute atomic E-state index is 0.0290. The largest absolute Gasteiger partial charge is 0.360 e. The fourth-order valence-electron chi connectivity index (χ4n) is 2.26. The lowest BCUT2D eigenvalue weighted by Crippen LogP contribution is -2.28. The zero-order valence-electron chi connectivity index (χ0n) is 14.6. The van der Waals surface area contributed by atoms with E-state index < -0.39 is 5.91 Å². The van der Waals surface area contributed by atoms with Crippen LogP contribution in [-0.2, 0) is 9.59 Å². The van der Waals surface area contributed by atoms with Crippen molar-refractivity contribution in [3.63, 3.8) is 0 Å².